The number of phenolic OH excluding ortho intramolecular Hbond substituents is 1. The highest BCUT2D eigenvalue weighted by molar-refractivity contribution is 6.43. The van der Waals surface area contributed by atoms with E-state index in [1.807, 2.05) is 5.32 Å². The monoisotopic (exact) mass is 306 g/mol. The Labute approximate surface area is 124 Å². The third kappa shape index (κ3) is 3.57. The maximum absolute atomic E-state index is 13.4. The Hall–Kier alpha value is -2.96. The number of benzene rings is 2. The summed E-state index contributed by atoms with van der Waals surface area (Å²) in [4.78, 5) is 23.4. The molecule has 0 radical (unpaired) electrons. The molecule has 0 aromatic heterocycles. The zero-order valence-corrected chi connectivity index (χ0v) is 11.5. The van der Waals surface area contributed by atoms with Crippen LogP contribution in [0.3, 0.4) is 0 Å². The molecule has 0 atom stereocenters. The van der Waals surface area contributed by atoms with Crippen molar-refractivity contribution >= 4 is 23.2 Å². The molecule has 0 fully saturated rings. The lowest BCUT2D eigenvalue weighted by Crippen LogP contribution is -2.29. The Morgan fingerprint density at radius 1 is 0.955 bits per heavy atom. The van der Waals surface area contributed by atoms with Crippen LogP contribution in [0.2, 0.25) is 0 Å². The summed E-state index contributed by atoms with van der Waals surface area (Å²) in [7, 11) is 0. The second-order valence-corrected chi connectivity index (χ2v) is 4.55. The Bertz CT molecular complexity index is 748. The minimum absolute atomic E-state index is 0.0328. The van der Waals surface area contributed by atoms with Gasteiger partial charge in [-0.2, -0.15) is 0 Å². The van der Waals surface area contributed by atoms with Crippen LogP contribution in [-0.4, -0.2) is 16.9 Å². The molecule has 2 amide bonds. The third-order valence-corrected chi connectivity index (χ3v) is 2.78. The van der Waals surface area contributed by atoms with Gasteiger partial charge in [0, 0.05) is 6.07 Å². The van der Waals surface area contributed by atoms with Gasteiger partial charge in [0.2, 0.25) is 0 Å². The first-order valence-corrected chi connectivity index (χ1v) is 6.24. The van der Waals surface area contributed by atoms with Crippen LogP contribution in [-0.2, 0) is 9.59 Å². The molecule has 7 heteroatoms. The van der Waals surface area contributed by atoms with Crippen LogP contribution in [0.4, 0.5) is 20.2 Å². The highest BCUT2D eigenvalue weighted by Gasteiger charge is 2.17. The van der Waals surface area contributed by atoms with Gasteiger partial charge < -0.3 is 15.7 Å². The zero-order valence-electron chi connectivity index (χ0n) is 11.5. The smallest absolute Gasteiger partial charge is 0.314 e. The summed E-state index contributed by atoms with van der Waals surface area (Å²) < 4.78 is 26.4. The van der Waals surface area contributed by atoms with Gasteiger partial charge in [0.15, 0.2) is 0 Å². The number of amides is 2. The van der Waals surface area contributed by atoms with Crippen LogP contribution in [0.15, 0.2) is 36.4 Å². The number of nitrogens with one attached hydrogen (secondary N) is 2. The normalized spacial score (nSPS) is 10.1. The Balaban J connectivity index is 2.09. The number of aryl methyl sites for hydroxylation is 1. The number of hydrogen-bond acceptors (Lipinski definition) is 3. The van der Waals surface area contributed by atoms with Crippen LogP contribution >= 0.6 is 0 Å². The second kappa shape index (κ2) is 6.21. The first kappa shape index (κ1) is 15.4. The summed E-state index contributed by atoms with van der Waals surface area (Å²) in [6.45, 7) is 1.74. The molecule has 0 unspecified atom stereocenters. The van der Waals surface area contributed by atoms with Gasteiger partial charge in [-0.05, 0) is 36.8 Å². The first-order valence-electron chi connectivity index (χ1n) is 6.24. The summed E-state index contributed by atoms with van der Waals surface area (Å²) in [6.07, 6.45) is 0. The molecule has 3 N–H and O–H groups in total. The van der Waals surface area contributed by atoms with E-state index in [1.54, 1.807) is 13.0 Å². The number of carbonyl (C=O) groups is 2. The summed E-state index contributed by atoms with van der Waals surface area (Å²) in [6, 6.07) is 6.91. The van der Waals surface area contributed by atoms with Crippen molar-refractivity contribution < 1.29 is 23.5 Å². The molecule has 0 saturated heterocycles. The highest BCUT2D eigenvalue weighted by atomic mass is 19.1. The molecule has 2 aromatic rings. The molecule has 0 aliphatic rings. The lowest BCUT2D eigenvalue weighted by molar-refractivity contribution is -0.133. The number of carbonyl (C=O) groups excluding carboxylic acids is 2. The SMILES string of the molecule is Cc1ccc(NC(=O)C(=O)Nc2cc(F)ccc2F)c(O)c1. The number of anilines is 2. The number of hydrogen-bond donors (Lipinski definition) is 3. The van der Waals surface area contributed by atoms with Crippen molar-refractivity contribution in [3.05, 3.63) is 53.6 Å². The Morgan fingerprint density at radius 3 is 2.23 bits per heavy atom. The summed E-state index contributed by atoms with van der Waals surface area (Å²) >= 11 is 0. The highest BCUT2D eigenvalue weighted by Crippen LogP contribution is 2.24. The number of aromatic hydroxyl groups is 1. The lowest BCUT2D eigenvalue weighted by atomic mass is 10.2. The molecule has 2 rings (SSSR count). The molecular weight excluding hydrogens is 294 g/mol. The van der Waals surface area contributed by atoms with Crippen LogP contribution in [0.25, 0.3) is 0 Å². The van der Waals surface area contributed by atoms with Gasteiger partial charge in [-0.25, -0.2) is 8.78 Å². The fourth-order valence-corrected chi connectivity index (χ4v) is 1.70. The average Bonchev–Trinajstić information content (AvgIpc) is 2.45. The van der Waals surface area contributed by atoms with Crippen molar-refractivity contribution in [2.45, 2.75) is 6.92 Å². The van der Waals surface area contributed by atoms with Crippen molar-refractivity contribution in [3.63, 3.8) is 0 Å². The summed E-state index contributed by atoms with van der Waals surface area (Å²) in [5.41, 5.74) is 0.348. The molecule has 0 heterocycles. The van der Waals surface area contributed by atoms with Crippen LogP contribution in [0, 0.1) is 18.6 Å². The van der Waals surface area contributed by atoms with E-state index in [0.717, 1.165) is 23.8 Å². The molecule has 0 spiro atoms. The van der Waals surface area contributed by atoms with Crippen LogP contribution in [0.5, 0.6) is 5.75 Å². The Kier molecular flexibility index (Phi) is 4.36. The Morgan fingerprint density at radius 2 is 1.59 bits per heavy atom. The van der Waals surface area contributed by atoms with E-state index in [2.05, 4.69) is 5.32 Å². The maximum Gasteiger partial charge on any atom is 0.314 e. The third-order valence-electron chi connectivity index (χ3n) is 2.78. The van der Waals surface area contributed by atoms with E-state index < -0.39 is 29.1 Å². The molecule has 5 nitrogen and oxygen atoms in total. The van der Waals surface area contributed by atoms with Gasteiger partial charge in [0.05, 0.1) is 11.4 Å². The van der Waals surface area contributed by atoms with Crippen molar-refractivity contribution in [2.75, 3.05) is 10.6 Å². The average molecular weight is 306 g/mol. The largest absolute Gasteiger partial charge is 0.506 e. The molecule has 0 bridgehead atoms. The predicted molar refractivity (Wildman–Crippen MR) is 76.5 cm³/mol. The van der Waals surface area contributed by atoms with Crippen molar-refractivity contribution in [3.8, 4) is 5.75 Å². The van der Waals surface area contributed by atoms with Gasteiger partial charge in [-0.3, -0.25) is 9.59 Å². The molecule has 114 valence electrons. The number of rotatable bonds is 2. The van der Waals surface area contributed by atoms with E-state index in [-0.39, 0.29) is 11.4 Å². The lowest BCUT2D eigenvalue weighted by Gasteiger charge is -2.09. The second-order valence-electron chi connectivity index (χ2n) is 4.55. The summed E-state index contributed by atoms with van der Waals surface area (Å²) in [5.74, 6) is -4.15. The first-order chi connectivity index (χ1) is 10.4. The number of halogens is 2. The minimum atomic E-state index is -1.19. The predicted octanol–water partition coefficient (Wildman–Crippen LogP) is 2.56. The molecule has 0 aliphatic heterocycles. The molecule has 0 aliphatic carbocycles. The van der Waals surface area contributed by atoms with E-state index in [0.29, 0.717) is 0 Å². The molecule has 0 saturated carbocycles. The van der Waals surface area contributed by atoms with Crippen molar-refractivity contribution in [2.24, 2.45) is 0 Å². The number of phenols is 1. The van der Waals surface area contributed by atoms with E-state index in [9.17, 15) is 23.5 Å². The molecular formula is C15H12F2N2O3. The maximum atomic E-state index is 13.4. The quantitative estimate of drug-likeness (QED) is 0.589. The van der Waals surface area contributed by atoms with E-state index in [1.165, 1.54) is 12.1 Å². The van der Waals surface area contributed by atoms with E-state index in [4.69, 9.17) is 0 Å². The molecule has 2 aromatic carbocycles. The van der Waals surface area contributed by atoms with Gasteiger partial charge in [-0.15, -0.1) is 0 Å². The van der Waals surface area contributed by atoms with Gasteiger partial charge in [0.25, 0.3) is 0 Å². The fraction of sp³-hybridized carbons (Fsp3) is 0.0667. The summed E-state index contributed by atoms with van der Waals surface area (Å²) in [5, 5.41) is 13.8. The van der Waals surface area contributed by atoms with Crippen LogP contribution in [0.1, 0.15) is 5.56 Å². The van der Waals surface area contributed by atoms with Gasteiger partial charge in [-0.1, -0.05) is 6.07 Å². The van der Waals surface area contributed by atoms with Crippen molar-refractivity contribution in [1.82, 2.24) is 0 Å². The van der Waals surface area contributed by atoms with Gasteiger partial charge in [0.1, 0.15) is 17.4 Å². The fourth-order valence-electron chi connectivity index (χ4n) is 1.70. The topological polar surface area (TPSA) is 78.4 Å². The molecule has 22 heavy (non-hydrogen) atoms. The minimum Gasteiger partial charge on any atom is -0.506 e. The standard InChI is InChI=1S/C15H12F2N2O3/c1-8-2-5-11(13(20)6-8)18-14(21)15(22)19-12-7-9(16)3-4-10(12)17/h2-7,20H,1H3,(H,18,21)(H,19,22). The van der Waals surface area contributed by atoms with Gasteiger partial charge >= 0.3 is 11.8 Å². The van der Waals surface area contributed by atoms with Crippen LogP contribution < -0.4 is 10.6 Å². The van der Waals surface area contributed by atoms with E-state index >= 15 is 0 Å². The van der Waals surface area contributed by atoms with Crippen molar-refractivity contribution in [1.29, 1.82) is 0 Å². The zero-order chi connectivity index (χ0) is 16.3.